The first kappa shape index (κ1) is 21.2. The van der Waals surface area contributed by atoms with Gasteiger partial charge < -0.3 is 20.5 Å². The Morgan fingerprint density at radius 2 is 1.83 bits per heavy atom. The van der Waals surface area contributed by atoms with Crippen LogP contribution in [0.4, 0.5) is 14.5 Å². The second-order valence-corrected chi connectivity index (χ2v) is 6.97. The average molecular weight is 433 g/mol. The molecule has 0 aliphatic carbocycles. The number of hydrogen-bond donors (Lipinski definition) is 2. The highest BCUT2D eigenvalue weighted by Gasteiger charge is 2.17. The number of thiazole rings is 1. The molecule has 2 amide bonds. The van der Waals surface area contributed by atoms with Crippen LogP contribution in [-0.4, -0.2) is 31.0 Å². The van der Waals surface area contributed by atoms with Crippen LogP contribution in [0.1, 0.15) is 16.1 Å². The third-order valence-corrected chi connectivity index (χ3v) is 5.06. The number of benzene rings is 2. The van der Waals surface area contributed by atoms with Gasteiger partial charge >= 0.3 is 0 Å². The molecule has 0 aliphatic heterocycles. The molecule has 0 unspecified atom stereocenters. The maximum atomic E-state index is 13.9. The van der Waals surface area contributed by atoms with Crippen LogP contribution in [0, 0.1) is 11.6 Å². The predicted octanol–water partition coefficient (Wildman–Crippen LogP) is 3.39. The van der Waals surface area contributed by atoms with Crippen molar-refractivity contribution in [2.75, 3.05) is 19.5 Å². The summed E-state index contributed by atoms with van der Waals surface area (Å²) in [4.78, 5) is 27.9. The number of primary amides is 1. The number of hydrogen-bond acceptors (Lipinski definition) is 6. The molecule has 0 radical (unpaired) electrons. The summed E-state index contributed by atoms with van der Waals surface area (Å²) in [6.07, 6.45) is -0.146. The van der Waals surface area contributed by atoms with Crippen molar-refractivity contribution >= 4 is 28.8 Å². The third kappa shape index (κ3) is 4.54. The Morgan fingerprint density at radius 3 is 2.50 bits per heavy atom. The molecule has 7 nitrogen and oxygen atoms in total. The number of amides is 2. The topological polar surface area (TPSA) is 104 Å². The second kappa shape index (κ2) is 8.87. The van der Waals surface area contributed by atoms with Gasteiger partial charge in [-0.1, -0.05) is 0 Å². The van der Waals surface area contributed by atoms with Crippen molar-refractivity contribution in [3.8, 4) is 22.1 Å². The van der Waals surface area contributed by atoms with Gasteiger partial charge in [-0.25, -0.2) is 13.8 Å². The lowest BCUT2D eigenvalue weighted by molar-refractivity contribution is -0.115. The van der Waals surface area contributed by atoms with E-state index >= 15 is 0 Å². The average Bonchev–Trinajstić information content (AvgIpc) is 3.17. The Morgan fingerprint density at radius 1 is 1.10 bits per heavy atom. The maximum Gasteiger partial charge on any atom is 0.251 e. The minimum absolute atomic E-state index is 0.146. The molecule has 0 atom stereocenters. The highest BCUT2D eigenvalue weighted by Crippen LogP contribution is 2.33. The van der Waals surface area contributed by atoms with Crippen molar-refractivity contribution < 1.29 is 27.8 Å². The van der Waals surface area contributed by atoms with Crippen molar-refractivity contribution in [2.45, 2.75) is 6.42 Å². The predicted molar refractivity (Wildman–Crippen MR) is 108 cm³/mol. The van der Waals surface area contributed by atoms with Gasteiger partial charge in [0.25, 0.3) is 5.91 Å². The maximum absolute atomic E-state index is 13.9. The zero-order valence-corrected chi connectivity index (χ0v) is 16.8. The van der Waals surface area contributed by atoms with Crippen LogP contribution in [0.15, 0.2) is 35.7 Å². The van der Waals surface area contributed by atoms with Crippen LogP contribution in [0.25, 0.3) is 10.6 Å². The lowest BCUT2D eigenvalue weighted by atomic mass is 10.1. The van der Waals surface area contributed by atoms with E-state index < -0.39 is 29.0 Å². The number of methoxy groups -OCH3 is 2. The standard InChI is InChI=1S/C20H17F2N3O4S/c1-28-16-4-3-10(5-17(16)29-2)20-24-11(9-30-20)6-18(26)25-15-7-12(19(23)27)13(21)8-14(15)22/h3-5,7-9H,6H2,1-2H3,(H2,23,27)(H,25,26). The first-order valence-corrected chi connectivity index (χ1v) is 9.45. The number of aromatic nitrogens is 1. The normalized spacial score (nSPS) is 10.5. The van der Waals surface area contributed by atoms with Gasteiger partial charge in [0.2, 0.25) is 5.91 Å². The molecule has 0 saturated heterocycles. The molecule has 2 aromatic carbocycles. The Hall–Kier alpha value is -3.53. The number of nitrogens with one attached hydrogen (secondary N) is 1. The third-order valence-electron chi connectivity index (χ3n) is 4.12. The zero-order valence-electron chi connectivity index (χ0n) is 16.0. The van der Waals surface area contributed by atoms with Gasteiger partial charge in [-0.05, 0) is 24.3 Å². The van der Waals surface area contributed by atoms with Gasteiger partial charge in [0.1, 0.15) is 16.6 Å². The minimum Gasteiger partial charge on any atom is -0.493 e. The quantitative estimate of drug-likeness (QED) is 0.595. The van der Waals surface area contributed by atoms with Gasteiger partial charge in [-0.3, -0.25) is 9.59 Å². The summed E-state index contributed by atoms with van der Waals surface area (Å²) in [7, 11) is 3.06. The van der Waals surface area contributed by atoms with Crippen molar-refractivity contribution in [2.24, 2.45) is 5.73 Å². The molecular formula is C20H17F2N3O4S. The molecule has 0 bridgehead atoms. The van der Waals surface area contributed by atoms with E-state index in [-0.39, 0.29) is 12.1 Å². The number of ether oxygens (including phenoxy) is 2. The molecule has 0 fully saturated rings. The highest BCUT2D eigenvalue weighted by molar-refractivity contribution is 7.13. The van der Waals surface area contributed by atoms with E-state index in [1.807, 2.05) is 6.07 Å². The monoisotopic (exact) mass is 433 g/mol. The number of halogens is 2. The smallest absolute Gasteiger partial charge is 0.251 e. The minimum atomic E-state index is -1.10. The van der Waals surface area contributed by atoms with Gasteiger partial charge in [0.15, 0.2) is 11.5 Å². The molecule has 1 aromatic heterocycles. The van der Waals surface area contributed by atoms with E-state index in [1.165, 1.54) is 25.6 Å². The first-order chi connectivity index (χ1) is 14.3. The Bertz CT molecular complexity index is 1120. The molecule has 0 saturated carbocycles. The van der Waals surface area contributed by atoms with E-state index in [2.05, 4.69) is 10.3 Å². The zero-order chi connectivity index (χ0) is 21.8. The summed E-state index contributed by atoms with van der Waals surface area (Å²) in [5, 5.41) is 4.65. The molecule has 3 aromatic rings. The molecular weight excluding hydrogens is 416 g/mol. The van der Waals surface area contributed by atoms with Gasteiger partial charge in [0, 0.05) is 17.0 Å². The summed E-state index contributed by atoms with van der Waals surface area (Å²) in [5.74, 6) is -2.65. The summed E-state index contributed by atoms with van der Waals surface area (Å²) in [6, 6.07) is 6.67. The van der Waals surface area contributed by atoms with E-state index in [9.17, 15) is 18.4 Å². The lowest BCUT2D eigenvalue weighted by Crippen LogP contribution is -2.18. The molecule has 3 N–H and O–H groups in total. The second-order valence-electron chi connectivity index (χ2n) is 6.11. The molecule has 1 heterocycles. The number of nitrogens with two attached hydrogens (primary N) is 1. The number of carbonyl (C=O) groups excluding carboxylic acids is 2. The van der Waals surface area contributed by atoms with Crippen molar-refractivity contribution in [1.82, 2.24) is 4.98 Å². The molecule has 30 heavy (non-hydrogen) atoms. The number of nitrogens with zero attached hydrogens (tertiary/aromatic N) is 1. The van der Waals surface area contributed by atoms with Crippen LogP contribution in [0.2, 0.25) is 0 Å². The van der Waals surface area contributed by atoms with E-state index in [4.69, 9.17) is 15.2 Å². The molecule has 3 rings (SSSR count). The van der Waals surface area contributed by atoms with Crippen LogP contribution in [0.3, 0.4) is 0 Å². The Labute approximate surface area is 174 Å². The van der Waals surface area contributed by atoms with Crippen molar-refractivity contribution in [3.63, 3.8) is 0 Å². The van der Waals surface area contributed by atoms with E-state index in [1.54, 1.807) is 17.5 Å². The SMILES string of the molecule is COc1ccc(-c2nc(CC(=O)Nc3cc(C(N)=O)c(F)cc3F)cs2)cc1OC. The number of carbonyl (C=O) groups is 2. The van der Waals surface area contributed by atoms with E-state index in [0.29, 0.717) is 28.3 Å². The summed E-state index contributed by atoms with van der Waals surface area (Å²) < 4.78 is 37.9. The highest BCUT2D eigenvalue weighted by atomic mass is 32.1. The van der Waals surface area contributed by atoms with Gasteiger partial charge in [0.05, 0.1) is 37.6 Å². The van der Waals surface area contributed by atoms with Crippen LogP contribution >= 0.6 is 11.3 Å². The number of anilines is 1. The fraction of sp³-hybridized carbons (Fsp3) is 0.150. The molecule has 0 aliphatic rings. The van der Waals surface area contributed by atoms with Crippen molar-refractivity contribution in [1.29, 1.82) is 0 Å². The molecule has 0 spiro atoms. The molecule has 156 valence electrons. The first-order valence-electron chi connectivity index (χ1n) is 8.58. The largest absolute Gasteiger partial charge is 0.493 e. The summed E-state index contributed by atoms with van der Waals surface area (Å²) >= 11 is 1.32. The van der Waals surface area contributed by atoms with Gasteiger partial charge in [-0.15, -0.1) is 11.3 Å². The van der Waals surface area contributed by atoms with Crippen molar-refractivity contribution in [3.05, 3.63) is 58.6 Å². The summed E-state index contributed by atoms with van der Waals surface area (Å²) in [5.41, 5.74) is 5.42. The van der Waals surface area contributed by atoms with Crippen LogP contribution < -0.4 is 20.5 Å². The van der Waals surface area contributed by atoms with Crippen LogP contribution in [0.5, 0.6) is 11.5 Å². The molecule has 10 heteroatoms. The van der Waals surface area contributed by atoms with Crippen LogP contribution in [-0.2, 0) is 11.2 Å². The van der Waals surface area contributed by atoms with Gasteiger partial charge in [-0.2, -0.15) is 0 Å². The number of rotatable bonds is 7. The fourth-order valence-electron chi connectivity index (χ4n) is 2.68. The Balaban J connectivity index is 1.74. The summed E-state index contributed by atoms with van der Waals surface area (Å²) in [6.45, 7) is 0. The fourth-order valence-corrected chi connectivity index (χ4v) is 3.50. The van der Waals surface area contributed by atoms with E-state index in [0.717, 1.165) is 11.6 Å². The lowest BCUT2D eigenvalue weighted by Gasteiger charge is -2.08. The Kier molecular flexibility index (Phi) is 6.26.